The molecule has 1 aliphatic heterocycles. The van der Waals surface area contributed by atoms with Crippen LogP contribution in [0.25, 0.3) is 0 Å². The summed E-state index contributed by atoms with van der Waals surface area (Å²) in [5.74, 6) is -1.27. The number of carbonyl (C=O) groups excluding carboxylic acids is 4. The van der Waals surface area contributed by atoms with Gasteiger partial charge in [0.05, 0.1) is 43.8 Å². The molecule has 0 aliphatic carbocycles. The number of methoxy groups -OCH3 is 2. The molecule has 1 unspecified atom stereocenters. The summed E-state index contributed by atoms with van der Waals surface area (Å²) in [6.45, 7) is -0.745. The van der Waals surface area contributed by atoms with Gasteiger partial charge in [-0.15, -0.1) is 5.10 Å². The number of benzene rings is 2. The Kier molecular flexibility index (Phi) is 7.55. The molecule has 5 rings (SSSR count). The molecule has 0 saturated heterocycles. The molecule has 0 saturated carbocycles. The summed E-state index contributed by atoms with van der Waals surface area (Å²) in [7, 11) is 2.95. The largest absolute Gasteiger partial charge is 0.497 e. The highest BCUT2D eigenvalue weighted by Crippen LogP contribution is 2.32. The van der Waals surface area contributed by atoms with Gasteiger partial charge in [-0.25, -0.2) is 0 Å². The number of furan rings is 1. The monoisotopic (exact) mass is 561 g/mol. The van der Waals surface area contributed by atoms with Crippen LogP contribution >= 0.6 is 11.5 Å². The van der Waals surface area contributed by atoms with Gasteiger partial charge in [0.2, 0.25) is 5.91 Å². The van der Waals surface area contributed by atoms with Gasteiger partial charge in [-0.1, -0.05) is 16.6 Å². The molecule has 204 valence electrons. The summed E-state index contributed by atoms with van der Waals surface area (Å²) >= 11 is 1.00. The Morgan fingerprint density at radius 1 is 1.05 bits per heavy atom. The van der Waals surface area contributed by atoms with E-state index in [-0.39, 0.29) is 23.4 Å². The first-order valence-electron chi connectivity index (χ1n) is 12.0. The molecule has 4 aromatic rings. The van der Waals surface area contributed by atoms with Crippen molar-refractivity contribution in [2.24, 2.45) is 0 Å². The maximum atomic E-state index is 13.8. The Bertz CT molecular complexity index is 1520. The zero-order valence-electron chi connectivity index (χ0n) is 21.4. The Balaban J connectivity index is 1.48. The van der Waals surface area contributed by atoms with Crippen LogP contribution < -0.4 is 14.8 Å². The first-order chi connectivity index (χ1) is 19.4. The number of anilines is 1. The van der Waals surface area contributed by atoms with Crippen LogP contribution in [0.5, 0.6) is 11.5 Å². The topological polar surface area (TPSA) is 144 Å². The van der Waals surface area contributed by atoms with Crippen LogP contribution in [0.2, 0.25) is 0 Å². The molecule has 13 heteroatoms. The lowest BCUT2D eigenvalue weighted by atomic mass is 10.1. The predicted octanol–water partition coefficient (Wildman–Crippen LogP) is 3.15. The van der Waals surface area contributed by atoms with Gasteiger partial charge in [-0.05, 0) is 47.9 Å². The fourth-order valence-electron chi connectivity index (χ4n) is 4.33. The number of fused-ring (bicyclic) bond motifs is 1. The van der Waals surface area contributed by atoms with Gasteiger partial charge in [0.1, 0.15) is 29.5 Å². The third-order valence-corrected chi connectivity index (χ3v) is 6.80. The molecular weight excluding hydrogens is 538 g/mol. The number of ether oxygens (including phenoxy) is 2. The highest BCUT2D eigenvalue weighted by Gasteiger charge is 2.40. The summed E-state index contributed by atoms with van der Waals surface area (Å²) in [5, 5.41) is 8.39. The van der Waals surface area contributed by atoms with Gasteiger partial charge in [0.15, 0.2) is 6.04 Å². The van der Waals surface area contributed by atoms with E-state index in [0.717, 1.165) is 16.4 Å². The normalized spacial score (nSPS) is 13.1. The second kappa shape index (κ2) is 11.4. The molecule has 40 heavy (non-hydrogen) atoms. The van der Waals surface area contributed by atoms with Crippen LogP contribution in [0.1, 0.15) is 38.2 Å². The highest BCUT2D eigenvalue weighted by atomic mass is 32.1. The molecule has 2 aromatic carbocycles. The molecule has 12 nitrogen and oxygen atoms in total. The zero-order valence-corrected chi connectivity index (χ0v) is 22.2. The number of nitrogens with zero attached hydrogens (tertiary/aromatic N) is 4. The van der Waals surface area contributed by atoms with Crippen LogP contribution in [0.4, 0.5) is 5.69 Å². The molecule has 4 amide bonds. The quantitative estimate of drug-likeness (QED) is 0.289. The number of rotatable bonds is 10. The summed E-state index contributed by atoms with van der Waals surface area (Å²) < 4.78 is 20.0. The number of nitrogens with one attached hydrogen (secondary N) is 1. The Hall–Kier alpha value is -5.04. The molecule has 0 spiro atoms. The first kappa shape index (κ1) is 26.6. The fourth-order valence-corrected chi connectivity index (χ4v) is 4.80. The van der Waals surface area contributed by atoms with Crippen molar-refractivity contribution in [1.29, 1.82) is 0 Å². The lowest BCUT2D eigenvalue weighted by Crippen LogP contribution is -2.47. The molecule has 3 heterocycles. The van der Waals surface area contributed by atoms with Crippen molar-refractivity contribution in [1.82, 2.24) is 19.4 Å². The van der Waals surface area contributed by atoms with Crippen molar-refractivity contribution >= 4 is 40.8 Å². The van der Waals surface area contributed by atoms with E-state index in [9.17, 15) is 19.2 Å². The van der Waals surface area contributed by atoms with Crippen LogP contribution in [-0.2, 0) is 16.1 Å². The van der Waals surface area contributed by atoms with Crippen LogP contribution in [0, 0.1) is 0 Å². The van der Waals surface area contributed by atoms with E-state index in [1.54, 1.807) is 47.8 Å². The summed E-state index contributed by atoms with van der Waals surface area (Å²) in [5.41, 5.74) is 0.939. The fraction of sp³-hybridized carbons (Fsp3) is 0.185. The zero-order chi connectivity index (χ0) is 28.2. The van der Waals surface area contributed by atoms with Crippen LogP contribution in [0.3, 0.4) is 0 Å². The minimum Gasteiger partial charge on any atom is -0.497 e. The number of amides is 4. The van der Waals surface area contributed by atoms with Crippen molar-refractivity contribution in [3.8, 4) is 11.5 Å². The lowest BCUT2D eigenvalue weighted by Gasteiger charge is -2.30. The molecule has 1 N–H and O–H groups in total. The van der Waals surface area contributed by atoms with E-state index in [1.807, 2.05) is 0 Å². The average Bonchev–Trinajstić information content (AvgIpc) is 3.73. The number of hydrogen-bond donors (Lipinski definition) is 1. The molecule has 0 fully saturated rings. The Morgan fingerprint density at radius 3 is 2.40 bits per heavy atom. The molecule has 0 bridgehead atoms. The predicted molar refractivity (Wildman–Crippen MR) is 142 cm³/mol. The van der Waals surface area contributed by atoms with Gasteiger partial charge < -0.3 is 24.1 Å². The standard InChI is InChI=1S/C27H23N5O7S/c1-37-16-9-10-20(22(12-16)38-2)28-25(34)24(21-15-40-30-29-21)31(13-17-6-5-11-39-17)23(33)14-32-26(35)18-7-3-4-8-19(18)27(32)36/h3-12,15,24H,13-14H2,1-2H3,(H,28,34). The van der Waals surface area contributed by atoms with E-state index in [1.165, 1.54) is 37.5 Å². The molecular formula is C27H23N5O7S. The highest BCUT2D eigenvalue weighted by molar-refractivity contribution is 7.03. The van der Waals surface area contributed by atoms with Gasteiger partial charge in [-0.3, -0.25) is 24.1 Å². The molecule has 0 radical (unpaired) electrons. The number of carbonyl (C=O) groups is 4. The minimum absolute atomic E-state index is 0.148. The van der Waals surface area contributed by atoms with Gasteiger partial charge in [0.25, 0.3) is 17.7 Å². The Labute approximate surface area is 232 Å². The van der Waals surface area contributed by atoms with Crippen molar-refractivity contribution in [2.45, 2.75) is 12.6 Å². The van der Waals surface area contributed by atoms with Gasteiger partial charge in [0, 0.05) is 11.4 Å². The molecule has 1 aliphatic rings. The number of imide groups is 1. The van der Waals surface area contributed by atoms with Crippen molar-refractivity contribution < 1.29 is 33.1 Å². The number of aromatic nitrogens is 2. The third kappa shape index (κ3) is 5.14. The minimum atomic E-state index is -1.29. The Morgan fingerprint density at radius 2 is 1.80 bits per heavy atom. The van der Waals surface area contributed by atoms with Crippen molar-refractivity contribution in [3.05, 3.63) is 88.8 Å². The maximum Gasteiger partial charge on any atom is 0.262 e. The first-order valence-corrected chi connectivity index (χ1v) is 12.8. The van der Waals surface area contributed by atoms with Crippen LogP contribution in [-0.4, -0.2) is 63.8 Å². The summed E-state index contributed by atoms with van der Waals surface area (Å²) in [6.07, 6.45) is 1.43. The van der Waals surface area contributed by atoms with Gasteiger partial charge >= 0.3 is 0 Å². The maximum absolute atomic E-state index is 13.8. The van der Waals surface area contributed by atoms with Crippen molar-refractivity contribution in [3.63, 3.8) is 0 Å². The molecule has 2 aromatic heterocycles. The van der Waals surface area contributed by atoms with Crippen molar-refractivity contribution in [2.75, 3.05) is 26.1 Å². The smallest absolute Gasteiger partial charge is 0.262 e. The third-order valence-electron chi connectivity index (χ3n) is 6.28. The summed E-state index contributed by atoms with van der Waals surface area (Å²) in [6, 6.07) is 13.2. The molecule has 1 atom stereocenters. The second-order valence-electron chi connectivity index (χ2n) is 8.63. The number of hydrogen-bond acceptors (Lipinski definition) is 10. The summed E-state index contributed by atoms with van der Waals surface area (Å²) in [4.78, 5) is 55.7. The second-order valence-corrected chi connectivity index (χ2v) is 9.24. The van der Waals surface area contributed by atoms with E-state index in [4.69, 9.17) is 13.9 Å². The van der Waals surface area contributed by atoms with E-state index in [2.05, 4.69) is 14.9 Å². The average molecular weight is 562 g/mol. The lowest BCUT2D eigenvalue weighted by molar-refractivity contribution is -0.140. The van der Waals surface area contributed by atoms with Crippen LogP contribution in [0.15, 0.2) is 70.7 Å². The van der Waals surface area contributed by atoms with E-state index >= 15 is 0 Å². The van der Waals surface area contributed by atoms with E-state index in [0.29, 0.717) is 22.9 Å². The SMILES string of the molecule is COc1ccc(NC(=O)C(c2csnn2)N(Cc2ccco2)C(=O)CN2C(=O)c3ccccc3C2=O)c(OC)c1. The van der Waals surface area contributed by atoms with E-state index < -0.39 is 36.2 Å². The van der Waals surface area contributed by atoms with Gasteiger partial charge in [-0.2, -0.15) is 0 Å².